The van der Waals surface area contributed by atoms with Gasteiger partial charge in [0.1, 0.15) is 11.6 Å². The van der Waals surface area contributed by atoms with Gasteiger partial charge in [0.25, 0.3) is 0 Å². The molecule has 0 fully saturated rings. The number of hydrogen-bond acceptors (Lipinski definition) is 2. The van der Waals surface area contributed by atoms with Crippen LogP contribution in [0.2, 0.25) is 0 Å². The molecule has 0 radical (unpaired) electrons. The predicted octanol–water partition coefficient (Wildman–Crippen LogP) is 12.4. The Labute approximate surface area is 317 Å². The number of nitrogens with zero attached hydrogens (tertiary/aromatic N) is 4. The Kier molecular flexibility index (Phi) is 8.12. The molecule has 0 aliphatic carbocycles. The summed E-state index contributed by atoms with van der Waals surface area (Å²) in [6, 6.07) is 64.7. The van der Waals surface area contributed by atoms with Crippen LogP contribution in [-0.2, 0) is 10.8 Å². The van der Waals surface area contributed by atoms with Crippen LogP contribution in [0.1, 0.15) is 49.9 Å². The molecule has 0 spiro atoms. The van der Waals surface area contributed by atoms with Gasteiger partial charge in [0.2, 0.25) is 0 Å². The lowest BCUT2D eigenvalue weighted by Crippen LogP contribution is -2.21. The number of imidazole rings is 2. The third kappa shape index (κ3) is 5.54. The smallest absolute Gasteiger partial charge is 0.145 e. The maximum Gasteiger partial charge on any atom is 0.145 e. The second-order valence-corrected chi connectivity index (χ2v) is 15.1. The largest absolute Gasteiger partial charge is 0.292 e. The minimum atomic E-state index is -0.241. The molecule has 54 heavy (non-hydrogen) atoms. The molecule has 7 aromatic carbocycles. The van der Waals surface area contributed by atoms with Gasteiger partial charge in [-0.1, -0.05) is 173 Å². The Hall–Kier alpha value is -6.52. The summed E-state index contributed by atoms with van der Waals surface area (Å²) in [5, 5.41) is 0. The first-order chi connectivity index (χ1) is 26.3. The average molecular weight is 699 g/mol. The summed E-state index contributed by atoms with van der Waals surface area (Å²) in [6.07, 6.45) is 0. The molecule has 0 aliphatic heterocycles. The quantitative estimate of drug-likeness (QED) is 0.158. The maximum absolute atomic E-state index is 5.27. The average Bonchev–Trinajstić information content (AvgIpc) is 3.81. The SMILES string of the molecule is CC(C)(c1ccccc1)c1ccccc1-n1c(-c2ccc(-c3nc4ccccc4n3-c3ccccc3C(C)(C)c3ccccc3)cc2)nc2ccccc21. The van der Waals surface area contributed by atoms with Crippen molar-refractivity contribution >= 4 is 22.1 Å². The van der Waals surface area contributed by atoms with Crippen molar-refractivity contribution in [3.63, 3.8) is 0 Å². The summed E-state index contributed by atoms with van der Waals surface area (Å²) in [4.78, 5) is 10.5. The van der Waals surface area contributed by atoms with Crippen molar-refractivity contribution < 1.29 is 0 Å². The Morgan fingerprint density at radius 1 is 0.352 bits per heavy atom. The number of fused-ring (bicyclic) bond motifs is 2. The number of aromatic nitrogens is 4. The molecule has 0 saturated heterocycles. The van der Waals surface area contributed by atoms with Gasteiger partial charge in [-0.2, -0.15) is 0 Å². The summed E-state index contributed by atoms with van der Waals surface area (Å²) in [5.74, 6) is 1.81. The molecule has 2 aromatic heterocycles. The number of benzene rings is 7. The van der Waals surface area contributed by atoms with Crippen LogP contribution in [-0.4, -0.2) is 19.1 Å². The summed E-state index contributed by atoms with van der Waals surface area (Å²) < 4.78 is 4.67. The predicted molar refractivity (Wildman–Crippen MR) is 224 cm³/mol. The summed E-state index contributed by atoms with van der Waals surface area (Å²) in [6.45, 7) is 9.22. The van der Waals surface area contributed by atoms with Crippen molar-refractivity contribution in [2.24, 2.45) is 0 Å². The summed E-state index contributed by atoms with van der Waals surface area (Å²) in [5.41, 5.74) is 12.9. The van der Waals surface area contributed by atoms with E-state index in [9.17, 15) is 0 Å². The van der Waals surface area contributed by atoms with Crippen LogP contribution in [0.15, 0.2) is 182 Å². The van der Waals surface area contributed by atoms with Gasteiger partial charge in [-0.15, -0.1) is 0 Å². The fourth-order valence-corrected chi connectivity index (χ4v) is 8.11. The molecule has 0 aliphatic rings. The number of para-hydroxylation sites is 6. The normalized spacial score (nSPS) is 12.1. The fraction of sp³-hybridized carbons (Fsp3) is 0.120. The highest BCUT2D eigenvalue weighted by atomic mass is 15.1. The van der Waals surface area contributed by atoms with Gasteiger partial charge in [-0.25, -0.2) is 9.97 Å². The van der Waals surface area contributed by atoms with Gasteiger partial charge in [-0.05, 0) is 58.7 Å². The van der Waals surface area contributed by atoms with E-state index in [1.165, 1.54) is 22.3 Å². The van der Waals surface area contributed by atoms with E-state index < -0.39 is 0 Å². The monoisotopic (exact) mass is 698 g/mol. The van der Waals surface area contributed by atoms with Crippen LogP contribution in [0.5, 0.6) is 0 Å². The standard InChI is InChI=1S/C50H42N4/c1-49(2,37-19-7-5-8-20-37)39-23-11-15-27-43(39)53-45-29-17-13-25-41(45)51-47(53)35-31-33-36(34-32-35)48-52-42-26-14-18-30-46(42)54(48)44-28-16-12-24-40(44)50(3,4)38-21-9-6-10-22-38/h5-34H,1-4H3. The van der Waals surface area contributed by atoms with Crippen LogP contribution in [0.25, 0.3) is 56.2 Å². The summed E-state index contributed by atoms with van der Waals surface area (Å²) >= 11 is 0. The minimum absolute atomic E-state index is 0.241. The van der Waals surface area contributed by atoms with E-state index in [2.05, 4.69) is 219 Å². The zero-order chi connectivity index (χ0) is 36.9. The fourth-order valence-electron chi connectivity index (χ4n) is 8.11. The first-order valence-corrected chi connectivity index (χ1v) is 18.7. The van der Waals surface area contributed by atoms with Gasteiger partial charge in [0.05, 0.1) is 33.4 Å². The third-order valence-electron chi connectivity index (χ3n) is 11.2. The lowest BCUT2D eigenvalue weighted by atomic mass is 9.77. The van der Waals surface area contributed by atoms with Crippen molar-refractivity contribution in [1.29, 1.82) is 0 Å². The van der Waals surface area contributed by atoms with Crippen LogP contribution in [0.4, 0.5) is 0 Å². The molecule has 2 heterocycles. The summed E-state index contributed by atoms with van der Waals surface area (Å²) in [7, 11) is 0. The van der Waals surface area contributed by atoms with Crippen molar-refractivity contribution in [2.75, 3.05) is 0 Å². The first kappa shape index (κ1) is 33.3. The molecule has 0 bridgehead atoms. The molecule has 9 aromatic rings. The van der Waals surface area contributed by atoms with E-state index in [1.54, 1.807) is 0 Å². The second-order valence-electron chi connectivity index (χ2n) is 15.1. The number of rotatable bonds is 8. The zero-order valence-electron chi connectivity index (χ0n) is 31.1. The maximum atomic E-state index is 5.27. The molecule has 262 valence electrons. The zero-order valence-corrected chi connectivity index (χ0v) is 31.1. The van der Waals surface area contributed by atoms with Gasteiger partial charge >= 0.3 is 0 Å². The van der Waals surface area contributed by atoms with Gasteiger partial charge in [0, 0.05) is 22.0 Å². The van der Waals surface area contributed by atoms with E-state index in [-0.39, 0.29) is 10.8 Å². The topological polar surface area (TPSA) is 35.6 Å². The minimum Gasteiger partial charge on any atom is -0.292 e. The first-order valence-electron chi connectivity index (χ1n) is 18.7. The second kappa shape index (κ2) is 13.2. The van der Waals surface area contributed by atoms with E-state index in [4.69, 9.17) is 9.97 Å². The van der Waals surface area contributed by atoms with Crippen molar-refractivity contribution in [3.05, 3.63) is 204 Å². The van der Waals surface area contributed by atoms with E-state index in [0.29, 0.717) is 0 Å². The molecular formula is C50H42N4. The number of hydrogen-bond donors (Lipinski definition) is 0. The molecule has 0 unspecified atom stereocenters. The Balaban J connectivity index is 1.19. The highest BCUT2D eigenvalue weighted by Gasteiger charge is 2.30. The van der Waals surface area contributed by atoms with E-state index in [0.717, 1.165) is 56.2 Å². The van der Waals surface area contributed by atoms with E-state index in [1.807, 2.05) is 0 Å². The van der Waals surface area contributed by atoms with Gasteiger partial charge in [-0.3, -0.25) is 9.13 Å². The van der Waals surface area contributed by atoms with Crippen molar-refractivity contribution in [1.82, 2.24) is 19.1 Å². The van der Waals surface area contributed by atoms with Crippen LogP contribution < -0.4 is 0 Å². The molecular weight excluding hydrogens is 657 g/mol. The van der Waals surface area contributed by atoms with Crippen molar-refractivity contribution in [3.8, 4) is 34.2 Å². The highest BCUT2D eigenvalue weighted by Crippen LogP contribution is 2.41. The Morgan fingerprint density at radius 2 is 0.685 bits per heavy atom. The third-order valence-corrected chi connectivity index (χ3v) is 11.2. The Morgan fingerprint density at radius 3 is 1.09 bits per heavy atom. The highest BCUT2D eigenvalue weighted by molar-refractivity contribution is 5.86. The molecule has 4 heteroatoms. The molecule has 0 N–H and O–H groups in total. The Bertz CT molecular complexity index is 2560. The van der Waals surface area contributed by atoms with Crippen LogP contribution in [0, 0.1) is 0 Å². The molecule has 0 saturated carbocycles. The van der Waals surface area contributed by atoms with Crippen molar-refractivity contribution in [2.45, 2.75) is 38.5 Å². The molecule has 9 rings (SSSR count). The van der Waals surface area contributed by atoms with E-state index >= 15 is 0 Å². The lowest BCUT2D eigenvalue weighted by Gasteiger charge is -2.29. The lowest BCUT2D eigenvalue weighted by molar-refractivity contribution is 0.636. The van der Waals surface area contributed by atoms with Gasteiger partial charge in [0.15, 0.2) is 0 Å². The molecule has 0 amide bonds. The molecule has 0 atom stereocenters. The molecule has 4 nitrogen and oxygen atoms in total. The van der Waals surface area contributed by atoms with Crippen LogP contribution in [0.3, 0.4) is 0 Å². The van der Waals surface area contributed by atoms with Gasteiger partial charge < -0.3 is 0 Å². The van der Waals surface area contributed by atoms with Crippen LogP contribution >= 0.6 is 0 Å².